The van der Waals surface area contributed by atoms with Crippen molar-refractivity contribution < 1.29 is 38.0 Å². The number of ether oxygens (including phenoxy) is 7. The summed E-state index contributed by atoms with van der Waals surface area (Å²) in [5.74, 6) is 5.01. The summed E-state index contributed by atoms with van der Waals surface area (Å²) in [5, 5.41) is 3.93. The fourth-order valence-electron chi connectivity index (χ4n) is 8.80. The van der Waals surface area contributed by atoms with E-state index in [1.807, 2.05) is 30.3 Å². The van der Waals surface area contributed by atoms with Crippen molar-refractivity contribution in [1.29, 1.82) is 0 Å². The van der Waals surface area contributed by atoms with Crippen molar-refractivity contribution in [2.24, 2.45) is 0 Å². The second-order valence-corrected chi connectivity index (χ2v) is 14.6. The van der Waals surface area contributed by atoms with Gasteiger partial charge in [0.05, 0.1) is 47.3 Å². The highest BCUT2D eigenvalue weighted by Gasteiger charge is 2.44. The molecule has 10 rings (SSSR count). The van der Waals surface area contributed by atoms with Gasteiger partial charge in [0.15, 0.2) is 34.5 Å². The molecule has 0 spiro atoms. The van der Waals surface area contributed by atoms with Gasteiger partial charge in [0.25, 0.3) is 5.91 Å². The average molecular weight is 756 g/mol. The first kappa shape index (κ1) is 35.8. The Labute approximate surface area is 326 Å². The van der Waals surface area contributed by atoms with Crippen LogP contribution in [-0.2, 0) is 25.7 Å². The number of carbonyl (C=O) groups excluding carboxylic acids is 1. The Bertz CT molecular complexity index is 2330. The molecule has 5 aromatic carbocycles. The lowest BCUT2D eigenvalue weighted by atomic mass is 9.85. The molecule has 0 N–H and O–H groups in total. The van der Waals surface area contributed by atoms with Crippen LogP contribution in [0.2, 0.25) is 0 Å². The summed E-state index contributed by atoms with van der Waals surface area (Å²) >= 11 is 0. The predicted octanol–water partition coefficient (Wildman–Crippen LogP) is 8.12. The van der Waals surface area contributed by atoms with Crippen LogP contribution in [0.4, 0.5) is 5.69 Å². The number of amides is 1. The largest absolute Gasteiger partial charge is 0.497 e. The summed E-state index contributed by atoms with van der Waals surface area (Å²) in [7, 11) is 10.3. The molecule has 0 fully saturated rings. The maximum absolute atomic E-state index is 14.9. The molecule has 0 unspecified atom stereocenters. The summed E-state index contributed by atoms with van der Waals surface area (Å²) < 4.78 is 43.2. The minimum Gasteiger partial charge on any atom is -0.497 e. The van der Waals surface area contributed by atoms with E-state index in [0.29, 0.717) is 82.4 Å². The molecule has 56 heavy (non-hydrogen) atoms. The minimum absolute atomic E-state index is 0.0975. The van der Waals surface area contributed by atoms with E-state index in [1.165, 1.54) is 16.7 Å². The van der Waals surface area contributed by atoms with Gasteiger partial charge in [-0.05, 0) is 121 Å². The molecule has 1 amide bonds. The van der Waals surface area contributed by atoms with E-state index in [4.69, 9.17) is 33.2 Å². The molecule has 11 nitrogen and oxygen atoms in total. The SMILES string of the molecule is COc1ccc(C(=O)N2c3cc(OC)c4cc3C[C@H]3c5c(cc(OC)c(OC)c5Oc5cc6c(cc5OC)CCN(C)[C@H]6Cc5ccc(cc5)O4)CCN32)cc1. The Morgan fingerprint density at radius 2 is 1.36 bits per heavy atom. The number of hydrogen-bond donors (Lipinski definition) is 0. The molecule has 0 saturated heterocycles. The van der Waals surface area contributed by atoms with Crippen LogP contribution >= 0.6 is 0 Å². The van der Waals surface area contributed by atoms with E-state index in [9.17, 15) is 4.79 Å². The molecule has 0 aromatic heterocycles. The van der Waals surface area contributed by atoms with Crippen LogP contribution in [0.1, 0.15) is 55.8 Å². The third kappa shape index (κ3) is 5.93. The van der Waals surface area contributed by atoms with E-state index < -0.39 is 0 Å². The van der Waals surface area contributed by atoms with Gasteiger partial charge in [0.1, 0.15) is 11.5 Å². The normalized spacial score (nSPS) is 18.3. The van der Waals surface area contributed by atoms with Gasteiger partial charge in [0, 0.05) is 36.3 Å². The Kier molecular flexibility index (Phi) is 9.14. The number of benzene rings is 5. The molecule has 5 aliphatic heterocycles. The number of carbonyl (C=O) groups is 1. The van der Waals surface area contributed by atoms with Crippen LogP contribution in [0, 0.1) is 0 Å². The van der Waals surface area contributed by atoms with Gasteiger partial charge in [-0.15, -0.1) is 0 Å². The highest BCUT2D eigenvalue weighted by molar-refractivity contribution is 6.06. The highest BCUT2D eigenvalue weighted by Crippen LogP contribution is 2.55. The van der Waals surface area contributed by atoms with Gasteiger partial charge < -0.3 is 33.2 Å². The van der Waals surface area contributed by atoms with Crippen LogP contribution in [0.5, 0.6) is 51.7 Å². The molecule has 5 aromatic rings. The van der Waals surface area contributed by atoms with Crippen molar-refractivity contribution in [2.75, 3.05) is 60.7 Å². The maximum atomic E-state index is 14.9. The number of fused-ring (bicyclic) bond motifs is 2. The summed E-state index contributed by atoms with van der Waals surface area (Å²) in [6, 6.07) is 25.4. The van der Waals surface area contributed by atoms with Gasteiger partial charge in [-0.25, -0.2) is 10.0 Å². The second kappa shape index (κ2) is 14.3. The third-order valence-corrected chi connectivity index (χ3v) is 11.7. The van der Waals surface area contributed by atoms with Crippen molar-refractivity contribution in [2.45, 2.75) is 37.8 Å². The minimum atomic E-state index is -0.342. The van der Waals surface area contributed by atoms with Crippen molar-refractivity contribution in [1.82, 2.24) is 9.91 Å². The van der Waals surface area contributed by atoms with E-state index >= 15 is 0 Å². The number of nitrogens with zero attached hydrogens (tertiary/aromatic N) is 3. The van der Waals surface area contributed by atoms with Gasteiger partial charge in [0.2, 0.25) is 5.75 Å². The zero-order chi connectivity index (χ0) is 38.7. The summed E-state index contributed by atoms with van der Waals surface area (Å²) in [6.45, 7) is 1.47. The molecule has 0 radical (unpaired) electrons. The summed E-state index contributed by atoms with van der Waals surface area (Å²) in [4.78, 5) is 17.3. The van der Waals surface area contributed by atoms with E-state index in [2.05, 4.69) is 41.2 Å². The van der Waals surface area contributed by atoms with E-state index in [-0.39, 0.29) is 18.0 Å². The molecular formula is C45H45N3O8. The van der Waals surface area contributed by atoms with Crippen molar-refractivity contribution in [3.05, 3.63) is 118 Å². The number of hydrogen-bond acceptors (Lipinski definition) is 10. The lowest BCUT2D eigenvalue weighted by molar-refractivity contribution is 0.0796. The first-order chi connectivity index (χ1) is 27.3. The maximum Gasteiger partial charge on any atom is 0.272 e. The second-order valence-electron chi connectivity index (χ2n) is 14.6. The Hall–Kier alpha value is -5.91. The van der Waals surface area contributed by atoms with E-state index in [0.717, 1.165) is 36.1 Å². The molecule has 7 bridgehead atoms. The molecule has 11 heteroatoms. The van der Waals surface area contributed by atoms with Crippen LogP contribution < -0.4 is 38.2 Å². The number of hydrazine groups is 1. The van der Waals surface area contributed by atoms with Gasteiger partial charge in [-0.1, -0.05) is 12.1 Å². The number of methoxy groups -OCH3 is 5. The third-order valence-electron chi connectivity index (χ3n) is 11.7. The predicted molar refractivity (Wildman–Crippen MR) is 212 cm³/mol. The Balaban J connectivity index is 1.30. The molecule has 0 saturated carbocycles. The fraction of sp³-hybridized carbons (Fsp3) is 0.311. The van der Waals surface area contributed by atoms with Crippen molar-refractivity contribution in [3.8, 4) is 51.7 Å². The van der Waals surface area contributed by atoms with Crippen LogP contribution in [0.25, 0.3) is 0 Å². The van der Waals surface area contributed by atoms with Crippen LogP contribution in [0.3, 0.4) is 0 Å². The number of anilines is 1. The Morgan fingerprint density at radius 1 is 0.661 bits per heavy atom. The zero-order valence-corrected chi connectivity index (χ0v) is 32.5. The zero-order valence-electron chi connectivity index (χ0n) is 32.5. The number of likely N-dealkylation sites (N-methyl/N-ethyl adjacent to an activating group) is 1. The summed E-state index contributed by atoms with van der Waals surface area (Å²) in [6.07, 6.45) is 2.84. The van der Waals surface area contributed by atoms with Gasteiger partial charge >= 0.3 is 0 Å². The van der Waals surface area contributed by atoms with Gasteiger partial charge in [-0.3, -0.25) is 9.69 Å². The monoisotopic (exact) mass is 755 g/mol. The van der Waals surface area contributed by atoms with Crippen molar-refractivity contribution >= 4 is 11.6 Å². The molecular weight excluding hydrogens is 711 g/mol. The van der Waals surface area contributed by atoms with Crippen molar-refractivity contribution in [3.63, 3.8) is 0 Å². The lowest BCUT2D eigenvalue weighted by Crippen LogP contribution is -2.54. The standard InChI is InChI=1S/C45H45N3O8/c1-46-17-15-28-21-37(51-3)40-24-33(28)35(46)19-26-7-11-32(12-8-26)55-39-23-30-20-36-42-29(22-41(53-5)43(54-6)44(42)56-40)16-18-47(36)48(34(30)25-38(39)52-4)45(49)27-9-13-31(50-2)14-10-27/h7-14,21-25,35-36H,15-20H2,1-6H3/t35-,36-/m0/s1. The first-order valence-electron chi connectivity index (χ1n) is 18.9. The van der Waals surface area contributed by atoms with Gasteiger partial charge in [-0.2, -0.15) is 0 Å². The van der Waals surface area contributed by atoms with Crippen LogP contribution in [-0.4, -0.2) is 71.5 Å². The lowest BCUT2D eigenvalue weighted by Gasteiger charge is -2.48. The molecule has 2 atom stereocenters. The quantitative estimate of drug-likeness (QED) is 0.169. The average Bonchev–Trinajstić information content (AvgIpc) is 3.23. The molecule has 288 valence electrons. The molecule has 5 aliphatic rings. The Morgan fingerprint density at radius 3 is 2.07 bits per heavy atom. The topological polar surface area (TPSA) is 91.4 Å². The molecule has 0 aliphatic carbocycles. The van der Waals surface area contributed by atoms with E-state index in [1.54, 1.807) is 64.8 Å². The number of rotatable bonds is 6. The fourth-order valence-corrected chi connectivity index (χ4v) is 8.80. The highest BCUT2D eigenvalue weighted by atomic mass is 16.5. The first-order valence-corrected chi connectivity index (χ1v) is 18.9. The van der Waals surface area contributed by atoms with Crippen LogP contribution in [0.15, 0.2) is 78.9 Å². The smallest absolute Gasteiger partial charge is 0.272 e. The summed E-state index contributed by atoms with van der Waals surface area (Å²) in [5.41, 5.74) is 7.70. The molecule has 5 heterocycles.